The summed E-state index contributed by atoms with van der Waals surface area (Å²) in [6.07, 6.45) is 0.906. The lowest BCUT2D eigenvalue weighted by atomic mass is 10.1. The third-order valence-electron chi connectivity index (χ3n) is 2.45. The van der Waals surface area contributed by atoms with Gasteiger partial charge in [0.15, 0.2) is 11.6 Å². The van der Waals surface area contributed by atoms with Gasteiger partial charge in [0.25, 0.3) is 0 Å². The van der Waals surface area contributed by atoms with Gasteiger partial charge in [-0.3, -0.25) is 0 Å². The number of nitriles is 1. The average Bonchev–Trinajstić information content (AvgIpc) is 2.75. The summed E-state index contributed by atoms with van der Waals surface area (Å²) < 4.78 is 27.0. The maximum absolute atomic E-state index is 13.5. The Kier molecular flexibility index (Phi) is 3.30. The molecular formula is C11H10F2N2S. The molecule has 1 N–H and O–H groups in total. The molecule has 1 atom stereocenters. The molecule has 5 heteroatoms. The van der Waals surface area contributed by atoms with Gasteiger partial charge in [0, 0.05) is 11.8 Å². The minimum atomic E-state index is -0.701. The number of nitrogens with zero attached hydrogens (tertiary/aromatic N) is 1. The van der Waals surface area contributed by atoms with Crippen LogP contribution in [0.1, 0.15) is 12.0 Å². The molecule has 0 saturated carbocycles. The van der Waals surface area contributed by atoms with Crippen LogP contribution in [0.3, 0.4) is 0 Å². The third kappa shape index (κ3) is 2.27. The fraction of sp³-hybridized carbons (Fsp3) is 0.364. The van der Waals surface area contributed by atoms with E-state index in [-0.39, 0.29) is 17.3 Å². The van der Waals surface area contributed by atoms with Gasteiger partial charge >= 0.3 is 0 Å². The van der Waals surface area contributed by atoms with Crippen LogP contribution in [0, 0.1) is 23.0 Å². The second-order valence-electron chi connectivity index (χ2n) is 3.63. The molecule has 1 saturated heterocycles. The number of anilines is 1. The van der Waals surface area contributed by atoms with Crippen molar-refractivity contribution in [1.82, 2.24) is 0 Å². The Labute approximate surface area is 96.6 Å². The Morgan fingerprint density at radius 2 is 2.06 bits per heavy atom. The molecule has 0 radical (unpaired) electrons. The number of rotatable bonds is 2. The molecule has 1 fully saturated rings. The van der Waals surface area contributed by atoms with Gasteiger partial charge in [-0.2, -0.15) is 17.0 Å². The molecule has 16 heavy (non-hydrogen) atoms. The fourth-order valence-electron chi connectivity index (χ4n) is 1.63. The van der Waals surface area contributed by atoms with E-state index in [1.807, 2.05) is 0 Å². The van der Waals surface area contributed by atoms with Crippen LogP contribution in [0.25, 0.3) is 0 Å². The van der Waals surface area contributed by atoms with E-state index in [2.05, 4.69) is 5.32 Å². The number of hydrogen-bond donors (Lipinski definition) is 1. The molecule has 84 valence electrons. The van der Waals surface area contributed by atoms with E-state index in [0.717, 1.165) is 30.1 Å². The first-order valence-corrected chi connectivity index (χ1v) is 6.09. The molecule has 2 nitrogen and oxygen atoms in total. The predicted octanol–water partition coefficient (Wildman–Crippen LogP) is 2.75. The second kappa shape index (κ2) is 4.71. The molecule has 1 heterocycles. The van der Waals surface area contributed by atoms with Gasteiger partial charge in [0.1, 0.15) is 5.69 Å². The van der Waals surface area contributed by atoms with Gasteiger partial charge in [0.05, 0.1) is 11.6 Å². The molecule has 0 aliphatic carbocycles. The van der Waals surface area contributed by atoms with Crippen molar-refractivity contribution < 1.29 is 8.78 Å². The monoisotopic (exact) mass is 240 g/mol. The van der Waals surface area contributed by atoms with Crippen LogP contribution in [-0.4, -0.2) is 17.5 Å². The first kappa shape index (κ1) is 11.2. The molecule has 0 spiro atoms. The number of benzene rings is 1. The minimum Gasteiger partial charge on any atom is -0.377 e. The molecule has 1 aromatic rings. The normalized spacial score (nSPS) is 19.4. The molecule has 0 aromatic heterocycles. The maximum Gasteiger partial charge on any atom is 0.150 e. The number of thioether (sulfide) groups is 1. The van der Waals surface area contributed by atoms with E-state index in [1.54, 1.807) is 17.8 Å². The van der Waals surface area contributed by atoms with Crippen molar-refractivity contribution in [3.8, 4) is 6.07 Å². The Bertz CT molecular complexity index is 413. The van der Waals surface area contributed by atoms with Gasteiger partial charge in [-0.15, -0.1) is 0 Å². The smallest absolute Gasteiger partial charge is 0.150 e. The summed E-state index contributed by atoms with van der Waals surface area (Å²) in [6.45, 7) is 0. The zero-order valence-electron chi connectivity index (χ0n) is 8.46. The lowest BCUT2D eigenvalue weighted by Crippen LogP contribution is -2.20. The van der Waals surface area contributed by atoms with E-state index >= 15 is 0 Å². The van der Waals surface area contributed by atoms with Crippen LogP contribution in [-0.2, 0) is 0 Å². The number of halogens is 2. The van der Waals surface area contributed by atoms with Crippen LogP contribution >= 0.6 is 11.8 Å². The maximum atomic E-state index is 13.5. The van der Waals surface area contributed by atoms with Crippen LogP contribution in [0.5, 0.6) is 0 Å². The first-order chi connectivity index (χ1) is 7.70. The van der Waals surface area contributed by atoms with Gasteiger partial charge in [-0.1, -0.05) is 0 Å². The van der Waals surface area contributed by atoms with Gasteiger partial charge in [0.2, 0.25) is 0 Å². The summed E-state index contributed by atoms with van der Waals surface area (Å²) >= 11 is 1.76. The zero-order chi connectivity index (χ0) is 11.5. The molecule has 1 aliphatic rings. The van der Waals surface area contributed by atoms with Crippen LogP contribution in [0.4, 0.5) is 14.5 Å². The highest BCUT2D eigenvalue weighted by atomic mass is 32.2. The second-order valence-corrected chi connectivity index (χ2v) is 4.78. The highest BCUT2D eigenvalue weighted by Gasteiger charge is 2.19. The summed E-state index contributed by atoms with van der Waals surface area (Å²) in [6, 6.07) is 3.93. The van der Waals surface area contributed by atoms with Crippen molar-refractivity contribution in [1.29, 1.82) is 5.26 Å². The van der Waals surface area contributed by atoms with Crippen molar-refractivity contribution in [3.63, 3.8) is 0 Å². The standard InChI is InChI=1S/C11H10F2N2S/c12-9-3-7(5-14)4-10(13)11(9)15-8-1-2-16-6-8/h3-4,8,15H,1-2,6H2. The summed E-state index contributed by atoms with van der Waals surface area (Å²) in [7, 11) is 0. The fourth-order valence-corrected chi connectivity index (χ4v) is 2.78. The Morgan fingerprint density at radius 1 is 1.38 bits per heavy atom. The van der Waals surface area contributed by atoms with Crippen molar-refractivity contribution >= 4 is 17.4 Å². The van der Waals surface area contributed by atoms with Gasteiger partial charge in [-0.05, 0) is 24.3 Å². The van der Waals surface area contributed by atoms with Gasteiger partial charge in [-0.25, -0.2) is 8.78 Å². The first-order valence-electron chi connectivity index (χ1n) is 4.94. The quantitative estimate of drug-likeness (QED) is 0.863. The van der Waals surface area contributed by atoms with Crippen LogP contribution < -0.4 is 5.32 Å². The minimum absolute atomic E-state index is 0.00125. The zero-order valence-corrected chi connectivity index (χ0v) is 9.28. The largest absolute Gasteiger partial charge is 0.377 e. The average molecular weight is 240 g/mol. The predicted molar refractivity (Wildman–Crippen MR) is 60.4 cm³/mol. The van der Waals surface area contributed by atoms with E-state index in [0.29, 0.717) is 0 Å². The van der Waals surface area contributed by atoms with Crippen molar-refractivity contribution in [2.45, 2.75) is 12.5 Å². The highest BCUT2D eigenvalue weighted by molar-refractivity contribution is 7.99. The number of nitrogens with one attached hydrogen (secondary N) is 1. The van der Waals surface area contributed by atoms with E-state index < -0.39 is 11.6 Å². The lowest BCUT2D eigenvalue weighted by Gasteiger charge is -2.14. The molecule has 0 bridgehead atoms. The van der Waals surface area contributed by atoms with E-state index in [4.69, 9.17) is 5.26 Å². The molecular weight excluding hydrogens is 230 g/mol. The summed E-state index contributed by atoms with van der Waals surface area (Å²) in [5, 5.41) is 11.4. The summed E-state index contributed by atoms with van der Waals surface area (Å²) in [5.74, 6) is 0.470. The van der Waals surface area contributed by atoms with Crippen molar-refractivity contribution in [3.05, 3.63) is 29.3 Å². The van der Waals surface area contributed by atoms with Crippen molar-refractivity contribution in [2.75, 3.05) is 16.8 Å². The Hall–Kier alpha value is -1.28. The van der Waals surface area contributed by atoms with Gasteiger partial charge < -0.3 is 5.32 Å². The SMILES string of the molecule is N#Cc1cc(F)c(NC2CCSC2)c(F)c1. The molecule has 0 amide bonds. The molecule has 1 aliphatic heterocycles. The summed E-state index contributed by atoms with van der Waals surface area (Å²) in [5.41, 5.74) is -0.118. The topological polar surface area (TPSA) is 35.8 Å². The van der Waals surface area contributed by atoms with E-state index in [9.17, 15) is 8.78 Å². The van der Waals surface area contributed by atoms with Crippen LogP contribution in [0.15, 0.2) is 12.1 Å². The summed E-state index contributed by atoms with van der Waals surface area (Å²) in [4.78, 5) is 0. The van der Waals surface area contributed by atoms with Crippen LogP contribution in [0.2, 0.25) is 0 Å². The lowest BCUT2D eigenvalue weighted by molar-refractivity contribution is 0.583. The van der Waals surface area contributed by atoms with E-state index in [1.165, 1.54) is 0 Å². The Balaban J connectivity index is 2.23. The highest BCUT2D eigenvalue weighted by Crippen LogP contribution is 2.25. The molecule has 1 aromatic carbocycles. The van der Waals surface area contributed by atoms with Crippen molar-refractivity contribution in [2.24, 2.45) is 0 Å². The number of hydrogen-bond acceptors (Lipinski definition) is 3. The molecule has 2 rings (SSSR count). The molecule has 1 unspecified atom stereocenters. The third-order valence-corrected chi connectivity index (χ3v) is 3.61. The Morgan fingerprint density at radius 3 is 2.56 bits per heavy atom.